The van der Waals surface area contributed by atoms with Crippen molar-refractivity contribution in [2.45, 2.75) is 25.9 Å². The minimum Gasteiger partial charge on any atom is -0.497 e. The standard InChI is InChI=1S/C23H22FNO4/c1-14(16-7-8-18-12-21(28-3)10-9-17(18)11-16)23(27)29-15(2)22(26)25-20-6-4-5-19(24)13-20/h4-15H,1-3H3,(H,25,26)/t14-,15-/m0/s1. The Kier molecular flexibility index (Phi) is 6.12. The zero-order chi connectivity index (χ0) is 21.0. The van der Waals surface area contributed by atoms with E-state index in [0.29, 0.717) is 5.69 Å². The molecule has 150 valence electrons. The number of hydrogen-bond donors (Lipinski definition) is 1. The number of carbonyl (C=O) groups excluding carboxylic acids is 2. The zero-order valence-electron chi connectivity index (χ0n) is 16.4. The van der Waals surface area contributed by atoms with Crippen molar-refractivity contribution in [1.29, 1.82) is 0 Å². The highest BCUT2D eigenvalue weighted by Crippen LogP contribution is 2.26. The Morgan fingerprint density at radius 3 is 2.41 bits per heavy atom. The van der Waals surface area contributed by atoms with Gasteiger partial charge in [-0.3, -0.25) is 9.59 Å². The maximum Gasteiger partial charge on any atom is 0.313 e. The number of halogens is 1. The quantitative estimate of drug-likeness (QED) is 0.617. The van der Waals surface area contributed by atoms with Crippen molar-refractivity contribution in [3.8, 4) is 5.75 Å². The van der Waals surface area contributed by atoms with E-state index in [9.17, 15) is 14.0 Å². The highest BCUT2D eigenvalue weighted by Gasteiger charge is 2.23. The van der Waals surface area contributed by atoms with E-state index in [2.05, 4.69) is 5.32 Å². The van der Waals surface area contributed by atoms with Crippen LogP contribution in [-0.2, 0) is 14.3 Å². The van der Waals surface area contributed by atoms with Crippen LogP contribution in [0.15, 0.2) is 60.7 Å². The first-order valence-corrected chi connectivity index (χ1v) is 9.22. The first-order chi connectivity index (χ1) is 13.9. The number of benzene rings is 3. The van der Waals surface area contributed by atoms with Gasteiger partial charge in [0.05, 0.1) is 13.0 Å². The first kappa shape index (κ1) is 20.3. The molecule has 6 heteroatoms. The third kappa shape index (κ3) is 4.90. The Morgan fingerprint density at radius 2 is 1.69 bits per heavy atom. The highest BCUT2D eigenvalue weighted by atomic mass is 19.1. The van der Waals surface area contributed by atoms with Crippen molar-refractivity contribution >= 4 is 28.3 Å². The number of ether oxygens (including phenoxy) is 2. The Morgan fingerprint density at radius 1 is 0.966 bits per heavy atom. The molecule has 0 aliphatic carbocycles. The molecule has 0 unspecified atom stereocenters. The third-order valence-electron chi connectivity index (χ3n) is 4.68. The summed E-state index contributed by atoms with van der Waals surface area (Å²) in [7, 11) is 1.61. The summed E-state index contributed by atoms with van der Waals surface area (Å²) in [6, 6.07) is 16.9. The normalized spacial score (nSPS) is 12.8. The molecule has 0 saturated carbocycles. The van der Waals surface area contributed by atoms with Crippen LogP contribution < -0.4 is 10.1 Å². The lowest BCUT2D eigenvalue weighted by molar-refractivity contribution is -0.154. The summed E-state index contributed by atoms with van der Waals surface area (Å²) in [5.41, 5.74) is 1.08. The second-order valence-corrected chi connectivity index (χ2v) is 6.77. The van der Waals surface area contributed by atoms with Crippen molar-refractivity contribution < 1.29 is 23.5 Å². The van der Waals surface area contributed by atoms with Gasteiger partial charge >= 0.3 is 5.97 Å². The summed E-state index contributed by atoms with van der Waals surface area (Å²) >= 11 is 0. The van der Waals surface area contributed by atoms with Crippen LogP contribution >= 0.6 is 0 Å². The number of esters is 1. The topological polar surface area (TPSA) is 64.6 Å². The Hall–Kier alpha value is -3.41. The lowest BCUT2D eigenvalue weighted by Gasteiger charge is -2.17. The van der Waals surface area contributed by atoms with Gasteiger partial charge in [-0.05, 0) is 60.5 Å². The molecular weight excluding hydrogens is 373 g/mol. The number of carbonyl (C=O) groups is 2. The van der Waals surface area contributed by atoms with Crippen LogP contribution in [-0.4, -0.2) is 25.1 Å². The van der Waals surface area contributed by atoms with Crippen LogP contribution in [0.2, 0.25) is 0 Å². The van der Waals surface area contributed by atoms with E-state index in [1.54, 1.807) is 20.1 Å². The van der Waals surface area contributed by atoms with Gasteiger partial charge in [-0.15, -0.1) is 0 Å². The largest absolute Gasteiger partial charge is 0.497 e. The maximum atomic E-state index is 13.2. The lowest BCUT2D eigenvalue weighted by Crippen LogP contribution is -2.31. The molecule has 1 amide bonds. The second kappa shape index (κ2) is 8.73. The van der Waals surface area contributed by atoms with Crippen molar-refractivity contribution in [1.82, 2.24) is 0 Å². The predicted octanol–water partition coefficient (Wildman–Crippen LogP) is 4.66. The van der Waals surface area contributed by atoms with Gasteiger partial charge in [-0.25, -0.2) is 4.39 Å². The summed E-state index contributed by atoms with van der Waals surface area (Å²) in [5, 5.41) is 4.50. The molecule has 3 rings (SSSR count). The van der Waals surface area contributed by atoms with E-state index in [4.69, 9.17) is 9.47 Å². The fourth-order valence-electron chi connectivity index (χ4n) is 2.91. The summed E-state index contributed by atoms with van der Waals surface area (Å²) < 4.78 is 23.8. The smallest absolute Gasteiger partial charge is 0.313 e. The number of nitrogens with one attached hydrogen (secondary N) is 1. The minimum atomic E-state index is -1.02. The highest BCUT2D eigenvalue weighted by molar-refractivity contribution is 5.95. The Labute approximate surface area is 168 Å². The van der Waals surface area contributed by atoms with E-state index in [0.717, 1.165) is 22.1 Å². The molecule has 0 aliphatic heterocycles. The zero-order valence-corrected chi connectivity index (χ0v) is 16.4. The van der Waals surface area contributed by atoms with Gasteiger partial charge in [0.2, 0.25) is 0 Å². The van der Waals surface area contributed by atoms with Crippen molar-refractivity contribution in [2.75, 3.05) is 12.4 Å². The van der Waals surface area contributed by atoms with Gasteiger partial charge in [-0.2, -0.15) is 0 Å². The molecule has 5 nitrogen and oxygen atoms in total. The van der Waals surface area contributed by atoms with Crippen LogP contribution in [0, 0.1) is 5.82 Å². The van der Waals surface area contributed by atoms with E-state index in [-0.39, 0.29) is 0 Å². The van der Waals surface area contributed by atoms with E-state index in [1.807, 2.05) is 36.4 Å². The first-order valence-electron chi connectivity index (χ1n) is 9.22. The van der Waals surface area contributed by atoms with Gasteiger partial charge in [0.1, 0.15) is 11.6 Å². The van der Waals surface area contributed by atoms with E-state index < -0.39 is 29.7 Å². The number of rotatable bonds is 6. The van der Waals surface area contributed by atoms with Crippen LogP contribution in [0.4, 0.5) is 10.1 Å². The van der Waals surface area contributed by atoms with Crippen molar-refractivity contribution in [3.63, 3.8) is 0 Å². The molecule has 0 spiro atoms. The third-order valence-corrected chi connectivity index (χ3v) is 4.68. The molecule has 2 atom stereocenters. The Bertz CT molecular complexity index is 1050. The summed E-state index contributed by atoms with van der Waals surface area (Å²) in [4.78, 5) is 24.8. The fourth-order valence-corrected chi connectivity index (χ4v) is 2.91. The average Bonchev–Trinajstić information content (AvgIpc) is 2.72. The van der Waals surface area contributed by atoms with Gasteiger partial charge in [0.25, 0.3) is 5.91 Å². The fraction of sp³-hybridized carbons (Fsp3) is 0.217. The molecule has 0 aromatic heterocycles. The van der Waals surface area contributed by atoms with Gasteiger partial charge in [-0.1, -0.05) is 30.3 Å². The van der Waals surface area contributed by atoms with Gasteiger partial charge < -0.3 is 14.8 Å². The van der Waals surface area contributed by atoms with Gasteiger partial charge in [0, 0.05) is 5.69 Å². The molecule has 3 aromatic carbocycles. The number of methoxy groups -OCH3 is 1. The second-order valence-electron chi connectivity index (χ2n) is 6.77. The average molecular weight is 395 g/mol. The molecule has 29 heavy (non-hydrogen) atoms. The molecule has 0 bridgehead atoms. The predicted molar refractivity (Wildman–Crippen MR) is 109 cm³/mol. The number of anilines is 1. The van der Waals surface area contributed by atoms with Crippen molar-refractivity contribution in [3.05, 3.63) is 72.0 Å². The van der Waals surface area contributed by atoms with E-state index >= 15 is 0 Å². The summed E-state index contributed by atoms with van der Waals surface area (Å²) in [6.07, 6.45) is -1.02. The van der Waals surface area contributed by atoms with Crippen LogP contribution in [0.3, 0.4) is 0 Å². The monoisotopic (exact) mass is 395 g/mol. The molecule has 0 heterocycles. The minimum absolute atomic E-state index is 0.302. The van der Waals surface area contributed by atoms with Crippen LogP contribution in [0.25, 0.3) is 10.8 Å². The molecular formula is C23H22FNO4. The lowest BCUT2D eigenvalue weighted by atomic mass is 9.98. The summed E-state index contributed by atoms with van der Waals surface area (Å²) in [6.45, 7) is 3.20. The van der Waals surface area contributed by atoms with E-state index in [1.165, 1.54) is 25.1 Å². The number of amides is 1. The maximum absolute atomic E-state index is 13.2. The molecule has 0 radical (unpaired) electrons. The van der Waals surface area contributed by atoms with Crippen LogP contribution in [0.5, 0.6) is 5.75 Å². The Balaban J connectivity index is 1.66. The van der Waals surface area contributed by atoms with Gasteiger partial charge in [0.15, 0.2) is 6.10 Å². The molecule has 1 N–H and O–H groups in total. The molecule has 0 aliphatic rings. The SMILES string of the molecule is COc1ccc2cc([C@H](C)C(=O)O[C@@H](C)C(=O)Nc3cccc(F)c3)ccc2c1. The van der Waals surface area contributed by atoms with Crippen molar-refractivity contribution in [2.24, 2.45) is 0 Å². The van der Waals surface area contributed by atoms with Crippen LogP contribution in [0.1, 0.15) is 25.3 Å². The molecule has 3 aromatic rings. The number of fused-ring (bicyclic) bond motifs is 1. The summed E-state index contributed by atoms with van der Waals surface area (Å²) in [5.74, 6) is -1.29. The molecule has 0 saturated heterocycles. The number of hydrogen-bond acceptors (Lipinski definition) is 4. The molecule has 0 fully saturated rings.